The second kappa shape index (κ2) is 7.24. The van der Waals surface area contributed by atoms with Crippen molar-refractivity contribution < 1.29 is 14.4 Å². The average molecular weight is 307 g/mol. The lowest BCUT2D eigenvalue weighted by Gasteiger charge is -2.28. The van der Waals surface area contributed by atoms with Gasteiger partial charge in [0.2, 0.25) is 0 Å². The molecule has 0 spiro atoms. The van der Waals surface area contributed by atoms with Crippen LogP contribution < -0.4 is 0 Å². The van der Waals surface area contributed by atoms with E-state index in [1.807, 2.05) is 4.90 Å². The van der Waals surface area contributed by atoms with Crippen LogP contribution in [0.5, 0.6) is 0 Å². The number of hydrogen-bond donors (Lipinski definition) is 1. The Balaban J connectivity index is 1.59. The van der Waals surface area contributed by atoms with Gasteiger partial charge in [0.25, 0.3) is 5.91 Å². The van der Waals surface area contributed by atoms with Gasteiger partial charge < -0.3 is 14.5 Å². The van der Waals surface area contributed by atoms with Gasteiger partial charge in [-0.2, -0.15) is 0 Å². The van der Waals surface area contributed by atoms with Gasteiger partial charge in [0.05, 0.1) is 12.6 Å². The minimum Gasteiger partial charge on any atom is -0.392 e. The Morgan fingerprint density at radius 1 is 1.23 bits per heavy atom. The fraction of sp³-hybridized carbons (Fsp3) is 0.750. The van der Waals surface area contributed by atoms with Crippen LogP contribution in [0.2, 0.25) is 0 Å². The maximum absolute atomic E-state index is 12.5. The molecular formula is C16H25N3O3. The summed E-state index contributed by atoms with van der Waals surface area (Å²) < 4.78 is 5.33. The van der Waals surface area contributed by atoms with Crippen molar-refractivity contribution in [3.05, 3.63) is 17.5 Å². The largest absolute Gasteiger partial charge is 0.392 e. The summed E-state index contributed by atoms with van der Waals surface area (Å²) in [5, 5.41) is 13.7. The number of hydrogen-bond acceptors (Lipinski definition) is 5. The zero-order chi connectivity index (χ0) is 15.4. The van der Waals surface area contributed by atoms with E-state index in [1.165, 1.54) is 12.8 Å². The molecule has 2 aliphatic rings. The zero-order valence-corrected chi connectivity index (χ0v) is 13.0. The highest BCUT2D eigenvalue weighted by Crippen LogP contribution is 2.16. The first-order valence-corrected chi connectivity index (χ1v) is 8.37. The fourth-order valence-corrected chi connectivity index (χ4v) is 3.32. The van der Waals surface area contributed by atoms with Gasteiger partial charge in [-0.1, -0.05) is 18.0 Å². The van der Waals surface area contributed by atoms with Gasteiger partial charge in [-0.3, -0.25) is 9.69 Å². The minimum atomic E-state index is -0.255. The molecule has 0 saturated carbocycles. The molecule has 122 valence electrons. The summed E-state index contributed by atoms with van der Waals surface area (Å²) in [6.07, 6.45) is 6.15. The second-order valence-electron chi connectivity index (χ2n) is 6.42. The summed E-state index contributed by atoms with van der Waals surface area (Å²) in [6.45, 7) is 3.86. The summed E-state index contributed by atoms with van der Waals surface area (Å²) in [4.78, 5) is 16.5. The highest BCUT2D eigenvalue weighted by Gasteiger charge is 2.23. The fourth-order valence-electron chi connectivity index (χ4n) is 3.32. The molecule has 0 aliphatic carbocycles. The van der Waals surface area contributed by atoms with E-state index in [-0.39, 0.29) is 12.0 Å². The number of nitrogens with zero attached hydrogens (tertiary/aromatic N) is 3. The lowest BCUT2D eigenvalue weighted by atomic mass is 10.1. The smallest absolute Gasteiger partial charge is 0.276 e. The van der Waals surface area contributed by atoms with Crippen molar-refractivity contribution in [3.63, 3.8) is 0 Å². The molecule has 3 rings (SSSR count). The topological polar surface area (TPSA) is 69.8 Å². The number of likely N-dealkylation sites (tertiary alicyclic amines) is 2. The van der Waals surface area contributed by atoms with E-state index in [0.29, 0.717) is 24.5 Å². The van der Waals surface area contributed by atoms with Crippen molar-refractivity contribution in [2.75, 3.05) is 26.2 Å². The van der Waals surface area contributed by atoms with Gasteiger partial charge in [0, 0.05) is 25.7 Å². The molecule has 0 unspecified atom stereocenters. The molecule has 1 N–H and O–H groups in total. The van der Waals surface area contributed by atoms with Crippen LogP contribution in [0.25, 0.3) is 0 Å². The van der Waals surface area contributed by atoms with Gasteiger partial charge in [0.1, 0.15) is 0 Å². The van der Waals surface area contributed by atoms with Gasteiger partial charge in [-0.25, -0.2) is 0 Å². The number of aliphatic hydroxyl groups excluding tert-OH is 1. The van der Waals surface area contributed by atoms with Crippen molar-refractivity contribution in [1.82, 2.24) is 15.0 Å². The molecule has 1 amide bonds. The maximum atomic E-state index is 12.5. The van der Waals surface area contributed by atoms with E-state index in [2.05, 4.69) is 10.1 Å². The molecule has 2 aliphatic heterocycles. The number of β-amino-alcohol motifs (C(OH)–C–C–N with tert-alkyl or cyclic N) is 1. The second-order valence-corrected chi connectivity index (χ2v) is 6.42. The first-order valence-electron chi connectivity index (χ1n) is 8.37. The monoisotopic (exact) mass is 307 g/mol. The van der Waals surface area contributed by atoms with Crippen LogP contribution in [0.4, 0.5) is 0 Å². The average Bonchev–Trinajstić information content (AvgIpc) is 2.80. The summed E-state index contributed by atoms with van der Waals surface area (Å²) in [5.41, 5.74) is 0.412. The van der Waals surface area contributed by atoms with Gasteiger partial charge >= 0.3 is 0 Å². The van der Waals surface area contributed by atoms with Gasteiger partial charge in [-0.15, -0.1) is 0 Å². The molecule has 0 radical (unpaired) electrons. The lowest BCUT2D eigenvalue weighted by Crippen LogP contribution is -2.37. The first-order chi connectivity index (χ1) is 10.7. The number of piperidine rings is 1. The molecule has 2 fully saturated rings. The minimum absolute atomic E-state index is 0.0180. The van der Waals surface area contributed by atoms with Crippen LogP contribution in [0, 0.1) is 0 Å². The molecule has 6 nitrogen and oxygen atoms in total. The molecule has 0 aromatic carbocycles. The molecule has 1 aromatic heterocycles. The SMILES string of the molecule is O=C(c1cc(CN2CCC[C@H](O)C2)on1)N1CCCCCC1. The standard InChI is InChI=1S/C16H25N3O3/c20-13-6-5-7-18(11-13)12-14-10-15(17-22-14)16(21)19-8-3-1-2-4-9-19/h10,13,20H,1-9,11-12H2/t13-/m0/s1. The van der Waals surface area contributed by atoms with E-state index < -0.39 is 0 Å². The van der Waals surface area contributed by atoms with Gasteiger partial charge in [-0.05, 0) is 32.2 Å². The van der Waals surface area contributed by atoms with Crippen LogP contribution in [-0.2, 0) is 6.54 Å². The normalized spacial score (nSPS) is 24.2. The molecule has 2 saturated heterocycles. The Labute approximate surface area is 131 Å². The van der Waals surface area contributed by atoms with E-state index >= 15 is 0 Å². The Morgan fingerprint density at radius 2 is 2.00 bits per heavy atom. The van der Waals surface area contributed by atoms with E-state index in [1.54, 1.807) is 6.07 Å². The van der Waals surface area contributed by atoms with Gasteiger partial charge in [0.15, 0.2) is 11.5 Å². The maximum Gasteiger partial charge on any atom is 0.276 e. The van der Waals surface area contributed by atoms with Crippen LogP contribution in [0.15, 0.2) is 10.6 Å². The van der Waals surface area contributed by atoms with Crippen molar-refractivity contribution in [1.29, 1.82) is 0 Å². The lowest BCUT2D eigenvalue weighted by molar-refractivity contribution is 0.0622. The predicted octanol–water partition coefficient (Wildman–Crippen LogP) is 1.65. The number of rotatable bonds is 3. The Bertz CT molecular complexity index is 495. The third-order valence-corrected chi connectivity index (χ3v) is 4.53. The van der Waals surface area contributed by atoms with Crippen LogP contribution >= 0.6 is 0 Å². The van der Waals surface area contributed by atoms with E-state index in [4.69, 9.17) is 4.52 Å². The van der Waals surface area contributed by atoms with Crippen molar-refractivity contribution in [2.24, 2.45) is 0 Å². The first kappa shape index (κ1) is 15.5. The Kier molecular flexibility index (Phi) is 5.10. The molecule has 6 heteroatoms. The Morgan fingerprint density at radius 3 is 2.73 bits per heavy atom. The molecule has 22 heavy (non-hydrogen) atoms. The number of aromatic nitrogens is 1. The number of carbonyl (C=O) groups excluding carboxylic acids is 1. The predicted molar refractivity (Wildman–Crippen MR) is 81.4 cm³/mol. The number of carbonyl (C=O) groups is 1. The van der Waals surface area contributed by atoms with E-state index in [9.17, 15) is 9.90 Å². The molecule has 1 atom stereocenters. The highest BCUT2D eigenvalue weighted by molar-refractivity contribution is 5.92. The molecule has 3 heterocycles. The Hall–Kier alpha value is -1.40. The van der Waals surface area contributed by atoms with Crippen molar-refractivity contribution in [3.8, 4) is 0 Å². The van der Waals surface area contributed by atoms with Crippen LogP contribution in [-0.4, -0.2) is 58.3 Å². The zero-order valence-electron chi connectivity index (χ0n) is 13.0. The number of aliphatic hydroxyl groups is 1. The molecular weight excluding hydrogens is 282 g/mol. The summed E-state index contributed by atoms with van der Waals surface area (Å²) in [6, 6.07) is 1.76. The summed E-state index contributed by atoms with van der Waals surface area (Å²) >= 11 is 0. The number of amides is 1. The van der Waals surface area contributed by atoms with Crippen molar-refractivity contribution in [2.45, 2.75) is 51.2 Å². The summed E-state index contributed by atoms with van der Waals surface area (Å²) in [5.74, 6) is 0.683. The molecule has 1 aromatic rings. The highest BCUT2D eigenvalue weighted by atomic mass is 16.5. The van der Waals surface area contributed by atoms with Crippen molar-refractivity contribution >= 4 is 5.91 Å². The quantitative estimate of drug-likeness (QED) is 0.919. The third kappa shape index (κ3) is 3.87. The van der Waals surface area contributed by atoms with Crippen LogP contribution in [0.3, 0.4) is 0 Å². The van der Waals surface area contributed by atoms with Crippen LogP contribution in [0.1, 0.15) is 54.8 Å². The van der Waals surface area contributed by atoms with E-state index in [0.717, 1.165) is 45.3 Å². The third-order valence-electron chi connectivity index (χ3n) is 4.53. The summed E-state index contributed by atoms with van der Waals surface area (Å²) in [7, 11) is 0. The molecule has 0 bridgehead atoms.